The zero-order valence-electron chi connectivity index (χ0n) is 14.9. The van der Waals surface area contributed by atoms with Gasteiger partial charge >= 0.3 is 0 Å². The van der Waals surface area contributed by atoms with Crippen LogP contribution in [0.15, 0.2) is 36.6 Å². The van der Waals surface area contributed by atoms with Crippen LogP contribution in [0.25, 0.3) is 0 Å². The molecule has 0 aromatic heterocycles. The minimum atomic E-state index is -1.27. The quantitative estimate of drug-likeness (QED) is 0.267. The van der Waals surface area contributed by atoms with Crippen molar-refractivity contribution in [2.75, 3.05) is 13.1 Å². The van der Waals surface area contributed by atoms with Gasteiger partial charge in [0.25, 0.3) is 5.91 Å². The standard InChI is InChI=1S/C19H32N2O3/c1-3-5-6-7-8-9-10-11-15-21-18(22)16-20-14-12-13-17(4-2)19(23)24/h4,12-14,20H,2-3,5-11,15-16H2,1H3,(H,21,22)(H,23,24)/b14-12-,17-13+. The van der Waals surface area contributed by atoms with Crippen LogP contribution in [0.4, 0.5) is 0 Å². The Kier molecular flexibility index (Phi) is 14.7. The lowest BCUT2D eigenvalue weighted by molar-refractivity contribution is -0.575. The number of allylic oxidation sites excluding steroid dienone is 2. The van der Waals surface area contributed by atoms with Crippen LogP contribution in [0.3, 0.4) is 0 Å². The second kappa shape index (κ2) is 16.0. The molecule has 0 saturated heterocycles. The largest absolute Gasteiger partial charge is 0.545 e. The van der Waals surface area contributed by atoms with Gasteiger partial charge in [0.05, 0.1) is 12.2 Å². The van der Waals surface area contributed by atoms with Crippen LogP contribution in [0.5, 0.6) is 0 Å². The average Bonchev–Trinajstić information content (AvgIpc) is 2.56. The fourth-order valence-electron chi connectivity index (χ4n) is 2.19. The summed E-state index contributed by atoms with van der Waals surface area (Å²) in [4.78, 5) is 22.2. The van der Waals surface area contributed by atoms with Crippen LogP contribution in [0, 0.1) is 0 Å². The third-order valence-corrected chi connectivity index (χ3v) is 3.63. The van der Waals surface area contributed by atoms with Crippen LogP contribution in [0.2, 0.25) is 0 Å². The fraction of sp³-hybridized carbons (Fsp3) is 0.579. The Hall–Kier alpha value is -1.88. The van der Waals surface area contributed by atoms with Gasteiger partial charge in [0, 0.05) is 6.54 Å². The Morgan fingerprint density at radius 2 is 1.71 bits per heavy atom. The van der Waals surface area contributed by atoms with E-state index in [1.165, 1.54) is 50.7 Å². The summed E-state index contributed by atoms with van der Waals surface area (Å²) >= 11 is 0. The van der Waals surface area contributed by atoms with Gasteiger partial charge in [0.15, 0.2) is 6.54 Å². The molecule has 0 aliphatic carbocycles. The Morgan fingerprint density at radius 3 is 2.29 bits per heavy atom. The normalized spacial score (nSPS) is 11.6. The predicted molar refractivity (Wildman–Crippen MR) is 94.8 cm³/mol. The van der Waals surface area contributed by atoms with E-state index in [0.717, 1.165) is 19.4 Å². The number of quaternary nitrogens is 1. The zero-order chi connectivity index (χ0) is 18.0. The zero-order valence-corrected chi connectivity index (χ0v) is 14.9. The molecule has 136 valence electrons. The molecule has 0 aliphatic rings. The number of unbranched alkanes of at least 4 members (excludes halogenated alkanes) is 7. The van der Waals surface area contributed by atoms with Gasteiger partial charge in [-0.2, -0.15) is 0 Å². The monoisotopic (exact) mass is 336 g/mol. The molecule has 5 heteroatoms. The van der Waals surface area contributed by atoms with Crippen molar-refractivity contribution in [2.45, 2.75) is 58.3 Å². The van der Waals surface area contributed by atoms with E-state index in [9.17, 15) is 14.7 Å². The SMILES string of the molecule is C=C/C(=C\C=C/[NH2+]CC(=O)NCCCCCCCCCC)C(=O)[O-]. The molecule has 0 heterocycles. The first-order chi connectivity index (χ1) is 11.6. The van der Waals surface area contributed by atoms with E-state index < -0.39 is 5.97 Å². The van der Waals surface area contributed by atoms with Gasteiger partial charge in [-0.1, -0.05) is 64.5 Å². The molecule has 0 fully saturated rings. The molecular weight excluding hydrogens is 304 g/mol. The number of carboxylic acids is 1. The van der Waals surface area contributed by atoms with Gasteiger partial charge in [-0.15, -0.1) is 0 Å². The summed E-state index contributed by atoms with van der Waals surface area (Å²) < 4.78 is 0. The molecule has 0 spiro atoms. The third kappa shape index (κ3) is 13.8. The highest BCUT2D eigenvalue weighted by atomic mass is 16.4. The second-order valence-electron chi connectivity index (χ2n) is 5.76. The fourth-order valence-corrected chi connectivity index (χ4v) is 2.19. The summed E-state index contributed by atoms with van der Waals surface area (Å²) in [7, 11) is 0. The van der Waals surface area contributed by atoms with Gasteiger partial charge in [0.1, 0.15) is 0 Å². The summed E-state index contributed by atoms with van der Waals surface area (Å²) in [6, 6.07) is 0. The Labute approximate surface area is 145 Å². The van der Waals surface area contributed by atoms with Crippen molar-refractivity contribution in [1.29, 1.82) is 0 Å². The van der Waals surface area contributed by atoms with Gasteiger partial charge in [-0.3, -0.25) is 4.79 Å². The summed E-state index contributed by atoms with van der Waals surface area (Å²) in [6.07, 6.45) is 15.8. The maximum Gasteiger partial charge on any atom is 0.275 e. The number of hydrogen-bond donors (Lipinski definition) is 2. The van der Waals surface area contributed by atoms with Crippen LogP contribution in [0.1, 0.15) is 58.3 Å². The van der Waals surface area contributed by atoms with Crippen molar-refractivity contribution >= 4 is 11.9 Å². The average molecular weight is 336 g/mol. The summed E-state index contributed by atoms with van der Waals surface area (Å²) in [5.74, 6) is -1.28. The molecule has 5 nitrogen and oxygen atoms in total. The van der Waals surface area contributed by atoms with Crippen molar-refractivity contribution in [1.82, 2.24) is 5.32 Å². The van der Waals surface area contributed by atoms with E-state index in [1.807, 2.05) is 0 Å². The highest BCUT2D eigenvalue weighted by Crippen LogP contribution is 2.07. The van der Waals surface area contributed by atoms with Crippen LogP contribution >= 0.6 is 0 Å². The van der Waals surface area contributed by atoms with Gasteiger partial charge < -0.3 is 20.5 Å². The third-order valence-electron chi connectivity index (χ3n) is 3.63. The number of aliphatic carboxylic acids is 1. The lowest BCUT2D eigenvalue weighted by atomic mass is 10.1. The molecule has 0 bridgehead atoms. The van der Waals surface area contributed by atoms with E-state index in [0.29, 0.717) is 0 Å². The van der Waals surface area contributed by atoms with E-state index in [1.54, 1.807) is 17.6 Å². The maximum atomic E-state index is 11.6. The first-order valence-electron chi connectivity index (χ1n) is 8.92. The summed E-state index contributed by atoms with van der Waals surface area (Å²) in [5, 5.41) is 15.2. The molecule has 0 aromatic rings. The lowest BCUT2D eigenvalue weighted by Gasteiger charge is -2.04. The van der Waals surface area contributed by atoms with Gasteiger partial charge in [-0.25, -0.2) is 0 Å². The highest BCUT2D eigenvalue weighted by Gasteiger charge is 2.00. The first kappa shape index (κ1) is 22.1. The maximum absolute atomic E-state index is 11.6. The first-order valence-corrected chi connectivity index (χ1v) is 8.92. The van der Waals surface area contributed by atoms with Crippen molar-refractivity contribution < 1.29 is 20.0 Å². The minimum Gasteiger partial charge on any atom is -0.545 e. The molecule has 0 radical (unpaired) electrons. The molecule has 0 rings (SSSR count). The summed E-state index contributed by atoms with van der Waals surface area (Å²) in [6.45, 7) is 6.61. The van der Waals surface area contributed by atoms with Crippen LogP contribution in [-0.4, -0.2) is 25.0 Å². The molecule has 24 heavy (non-hydrogen) atoms. The molecule has 0 aromatic carbocycles. The van der Waals surface area contributed by atoms with Crippen molar-refractivity contribution in [3.63, 3.8) is 0 Å². The van der Waals surface area contributed by atoms with Crippen molar-refractivity contribution in [3.05, 3.63) is 36.6 Å². The van der Waals surface area contributed by atoms with E-state index >= 15 is 0 Å². The number of carbonyl (C=O) groups is 2. The molecule has 3 N–H and O–H groups in total. The predicted octanol–water partition coefficient (Wildman–Crippen LogP) is 1.18. The minimum absolute atomic E-state index is 0.0128. The number of carbonyl (C=O) groups excluding carboxylic acids is 2. The Balaban J connectivity index is 3.57. The number of nitrogens with two attached hydrogens (primary N) is 1. The van der Waals surface area contributed by atoms with Crippen LogP contribution < -0.4 is 15.7 Å². The second-order valence-corrected chi connectivity index (χ2v) is 5.76. The number of rotatable bonds is 15. The molecule has 0 unspecified atom stereocenters. The smallest absolute Gasteiger partial charge is 0.275 e. The molecule has 0 saturated carbocycles. The number of hydrogen-bond acceptors (Lipinski definition) is 3. The van der Waals surface area contributed by atoms with Gasteiger partial charge in [-0.05, 0) is 24.1 Å². The van der Waals surface area contributed by atoms with Gasteiger partial charge in [0.2, 0.25) is 0 Å². The van der Waals surface area contributed by atoms with E-state index in [2.05, 4.69) is 18.8 Å². The van der Waals surface area contributed by atoms with E-state index in [4.69, 9.17) is 0 Å². The molecule has 0 aliphatic heterocycles. The molecule has 1 amide bonds. The number of carboxylic acid groups (broad SMARTS) is 1. The molecule has 0 atom stereocenters. The Bertz CT molecular complexity index is 428. The van der Waals surface area contributed by atoms with Crippen molar-refractivity contribution in [2.24, 2.45) is 0 Å². The Morgan fingerprint density at radius 1 is 1.08 bits per heavy atom. The molecular formula is C19H32N2O3. The number of nitrogens with one attached hydrogen (secondary N) is 1. The highest BCUT2D eigenvalue weighted by molar-refractivity contribution is 5.88. The summed E-state index contributed by atoms with van der Waals surface area (Å²) in [5.41, 5.74) is 0.0128. The lowest BCUT2D eigenvalue weighted by Crippen LogP contribution is -2.80. The topological polar surface area (TPSA) is 85.8 Å². The number of amides is 1. The van der Waals surface area contributed by atoms with Crippen molar-refractivity contribution in [3.8, 4) is 0 Å². The van der Waals surface area contributed by atoms with Crippen LogP contribution in [-0.2, 0) is 9.59 Å². The van der Waals surface area contributed by atoms with E-state index in [-0.39, 0.29) is 18.0 Å².